The number of hydrogen-bond acceptors (Lipinski definition) is 5. The minimum atomic E-state index is -0.724. The van der Waals surface area contributed by atoms with Crippen LogP contribution in [0.15, 0.2) is 18.2 Å². The van der Waals surface area contributed by atoms with Crippen molar-refractivity contribution in [1.29, 1.82) is 5.26 Å². The maximum Gasteiger partial charge on any atom is 0.311 e. The molecule has 6 nitrogen and oxygen atoms in total. The highest BCUT2D eigenvalue weighted by atomic mass is 16.6. The van der Waals surface area contributed by atoms with Gasteiger partial charge in [0, 0.05) is 12.6 Å². The molecule has 0 saturated heterocycles. The smallest absolute Gasteiger partial charge is 0.311 e. The zero-order chi connectivity index (χ0) is 15.1. The van der Waals surface area contributed by atoms with Gasteiger partial charge < -0.3 is 10.1 Å². The quantitative estimate of drug-likeness (QED) is 0.611. The predicted octanol–water partition coefficient (Wildman–Crippen LogP) is 2.63. The molecule has 0 aromatic heterocycles. The average molecular weight is 277 g/mol. The van der Waals surface area contributed by atoms with Gasteiger partial charge >= 0.3 is 5.69 Å². The zero-order valence-electron chi connectivity index (χ0n) is 11.9. The van der Waals surface area contributed by atoms with Gasteiger partial charge in [0.1, 0.15) is 6.07 Å². The molecule has 0 spiro atoms. The van der Waals surface area contributed by atoms with Crippen molar-refractivity contribution in [2.45, 2.75) is 33.4 Å². The third kappa shape index (κ3) is 4.86. The van der Waals surface area contributed by atoms with Gasteiger partial charge in [0.2, 0.25) is 0 Å². The summed E-state index contributed by atoms with van der Waals surface area (Å²) in [5.74, 6) is 0.640. The Labute approximate surface area is 118 Å². The summed E-state index contributed by atoms with van der Waals surface area (Å²) in [4.78, 5) is 10.6. The van der Waals surface area contributed by atoms with Crippen molar-refractivity contribution in [2.24, 2.45) is 5.92 Å². The minimum Gasteiger partial charge on any atom is -0.469 e. The molecule has 1 aromatic carbocycles. The van der Waals surface area contributed by atoms with Gasteiger partial charge in [-0.3, -0.25) is 10.1 Å². The van der Waals surface area contributed by atoms with Crippen molar-refractivity contribution < 1.29 is 9.66 Å². The lowest BCUT2D eigenvalue weighted by molar-refractivity contribution is -0.386. The molecule has 0 aliphatic heterocycles. The number of benzene rings is 1. The molecule has 0 heterocycles. The van der Waals surface area contributed by atoms with Gasteiger partial charge in [0.15, 0.2) is 11.9 Å². The molecule has 0 amide bonds. The fourth-order valence-electron chi connectivity index (χ4n) is 1.64. The Morgan fingerprint density at radius 1 is 1.45 bits per heavy atom. The van der Waals surface area contributed by atoms with Gasteiger partial charge in [0.05, 0.1) is 4.92 Å². The van der Waals surface area contributed by atoms with Crippen LogP contribution in [0.1, 0.15) is 26.3 Å². The van der Waals surface area contributed by atoms with E-state index in [1.807, 2.05) is 6.07 Å². The molecule has 0 bridgehead atoms. The van der Waals surface area contributed by atoms with Crippen molar-refractivity contribution in [3.8, 4) is 11.8 Å². The number of nitro benzene ring substituents is 1. The first-order valence-corrected chi connectivity index (χ1v) is 6.48. The molecule has 1 atom stereocenters. The highest BCUT2D eigenvalue weighted by molar-refractivity contribution is 5.49. The molecule has 108 valence electrons. The van der Waals surface area contributed by atoms with E-state index >= 15 is 0 Å². The van der Waals surface area contributed by atoms with Crippen LogP contribution in [0.5, 0.6) is 5.75 Å². The Morgan fingerprint density at radius 3 is 2.70 bits per heavy atom. The summed E-state index contributed by atoms with van der Waals surface area (Å²) >= 11 is 0. The third-order valence-electron chi connectivity index (χ3n) is 2.59. The third-order valence-corrected chi connectivity index (χ3v) is 2.59. The van der Waals surface area contributed by atoms with E-state index in [1.165, 1.54) is 6.07 Å². The van der Waals surface area contributed by atoms with Crippen molar-refractivity contribution >= 4 is 5.69 Å². The van der Waals surface area contributed by atoms with Crippen LogP contribution in [0.4, 0.5) is 5.69 Å². The van der Waals surface area contributed by atoms with Crippen LogP contribution >= 0.6 is 0 Å². The van der Waals surface area contributed by atoms with Gasteiger partial charge in [-0.15, -0.1) is 0 Å². The lowest BCUT2D eigenvalue weighted by Gasteiger charge is -2.10. The van der Waals surface area contributed by atoms with Crippen LogP contribution < -0.4 is 10.1 Å². The molecule has 1 unspecified atom stereocenters. The number of ether oxygens (including phenoxy) is 1. The first-order valence-electron chi connectivity index (χ1n) is 6.48. The lowest BCUT2D eigenvalue weighted by Crippen LogP contribution is -2.19. The van der Waals surface area contributed by atoms with Gasteiger partial charge in [-0.25, -0.2) is 0 Å². The summed E-state index contributed by atoms with van der Waals surface area (Å²) in [7, 11) is 0. The molecule has 20 heavy (non-hydrogen) atoms. The van der Waals surface area contributed by atoms with E-state index in [4.69, 9.17) is 10.00 Å². The highest BCUT2D eigenvalue weighted by Gasteiger charge is 2.17. The van der Waals surface area contributed by atoms with E-state index in [9.17, 15) is 10.1 Å². The zero-order valence-corrected chi connectivity index (χ0v) is 11.9. The van der Waals surface area contributed by atoms with Gasteiger partial charge in [-0.1, -0.05) is 19.9 Å². The van der Waals surface area contributed by atoms with Crippen LogP contribution in [0.25, 0.3) is 0 Å². The summed E-state index contributed by atoms with van der Waals surface area (Å²) in [6.07, 6.45) is -0.724. The summed E-state index contributed by atoms with van der Waals surface area (Å²) < 4.78 is 5.23. The number of hydrogen-bond donors (Lipinski definition) is 1. The Hall–Kier alpha value is -2.13. The summed E-state index contributed by atoms with van der Waals surface area (Å²) in [6.45, 7) is 7.14. The van der Waals surface area contributed by atoms with Crippen LogP contribution in [0.3, 0.4) is 0 Å². The van der Waals surface area contributed by atoms with Crippen LogP contribution in [0, 0.1) is 27.4 Å². The number of nitriles is 1. The molecule has 0 aliphatic carbocycles. The molecule has 1 aromatic rings. The largest absolute Gasteiger partial charge is 0.469 e. The van der Waals surface area contributed by atoms with E-state index in [0.717, 1.165) is 12.1 Å². The Balaban J connectivity index is 2.84. The highest BCUT2D eigenvalue weighted by Crippen LogP contribution is 2.28. The second kappa shape index (κ2) is 7.46. The normalized spacial score (nSPS) is 11.9. The summed E-state index contributed by atoms with van der Waals surface area (Å²) in [5, 5.41) is 23.0. The lowest BCUT2D eigenvalue weighted by atomic mass is 10.1. The van der Waals surface area contributed by atoms with E-state index in [0.29, 0.717) is 12.5 Å². The van der Waals surface area contributed by atoms with Crippen LogP contribution in [-0.4, -0.2) is 17.6 Å². The first kappa shape index (κ1) is 15.9. The number of nitrogens with one attached hydrogen (secondary N) is 1. The van der Waals surface area contributed by atoms with Gasteiger partial charge in [-0.2, -0.15) is 5.26 Å². The van der Waals surface area contributed by atoms with Crippen molar-refractivity contribution in [3.05, 3.63) is 33.9 Å². The SMILES string of the molecule is CC(C)CNCc1ccc(OC(C)C#N)c([N+](=O)[O-])c1. The Kier molecular flexibility index (Phi) is 5.94. The molecule has 1 rings (SSSR count). The van der Waals surface area contributed by atoms with Crippen molar-refractivity contribution in [1.82, 2.24) is 5.32 Å². The first-order chi connectivity index (χ1) is 9.43. The molecule has 0 fully saturated rings. The van der Waals surface area contributed by atoms with E-state index < -0.39 is 11.0 Å². The van der Waals surface area contributed by atoms with Gasteiger partial charge in [0.25, 0.3) is 0 Å². The van der Waals surface area contributed by atoms with Crippen molar-refractivity contribution in [2.75, 3.05) is 6.54 Å². The molecular weight excluding hydrogens is 258 g/mol. The Morgan fingerprint density at radius 2 is 2.15 bits per heavy atom. The van der Waals surface area contributed by atoms with E-state index in [1.54, 1.807) is 19.1 Å². The monoisotopic (exact) mass is 277 g/mol. The number of nitrogens with zero attached hydrogens (tertiary/aromatic N) is 2. The minimum absolute atomic E-state index is 0.115. The predicted molar refractivity (Wildman–Crippen MR) is 75.3 cm³/mol. The van der Waals surface area contributed by atoms with E-state index in [-0.39, 0.29) is 11.4 Å². The molecule has 0 saturated carbocycles. The number of rotatable bonds is 7. The maximum absolute atomic E-state index is 11.0. The molecule has 0 radical (unpaired) electrons. The molecule has 1 N–H and O–H groups in total. The maximum atomic E-state index is 11.0. The Bertz CT molecular complexity index is 509. The fraction of sp³-hybridized carbons (Fsp3) is 0.500. The standard InChI is InChI=1S/C14H19N3O3/c1-10(2)8-16-9-12-4-5-14(20-11(3)7-15)13(6-12)17(18)19/h4-6,10-11,16H,8-9H2,1-3H3. The number of nitro groups is 1. The topological polar surface area (TPSA) is 88.2 Å². The van der Waals surface area contributed by atoms with Crippen LogP contribution in [-0.2, 0) is 6.54 Å². The molecular formula is C14H19N3O3. The fourth-order valence-corrected chi connectivity index (χ4v) is 1.64. The summed E-state index contributed by atoms with van der Waals surface area (Å²) in [6, 6.07) is 6.67. The van der Waals surface area contributed by atoms with Gasteiger partial charge in [-0.05, 0) is 31.0 Å². The second-order valence-corrected chi connectivity index (χ2v) is 4.97. The molecule has 6 heteroatoms. The second-order valence-electron chi connectivity index (χ2n) is 4.97. The van der Waals surface area contributed by atoms with Crippen molar-refractivity contribution in [3.63, 3.8) is 0 Å². The average Bonchev–Trinajstić information content (AvgIpc) is 2.39. The summed E-state index contributed by atoms with van der Waals surface area (Å²) in [5.41, 5.74) is 0.699. The van der Waals surface area contributed by atoms with E-state index in [2.05, 4.69) is 19.2 Å². The molecule has 0 aliphatic rings. The van der Waals surface area contributed by atoms with Crippen LogP contribution in [0.2, 0.25) is 0 Å².